The van der Waals surface area contributed by atoms with Gasteiger partial charge in [-0.3, -0.25) is 14.4 Å². The van der Waals surface area contributed by atoms with Gasteiger partial charge >= 0.3 is 5.97 Å². The van der Waals surface area contributed by atoms with Crippen LogP contribution in [0.25, 0.3) is 0 Å². The highest BCUT2D eigenvalue weighted by atomic mass is 35.5. The summed E-state index contributed by atoms with van der Waals surface area (Å²) in [5.41, 5.74) is 0.665. The predicted molar refractivity (Wildman–Crippen MR) is 80.3 cm³/mol. The number of hydrogen-bond acceptors (Lipinski definition) is 3. The van der Waals surface area contributed by atoms with E-state index in [4.69, 9.17) is 16.7 Å². The Labute approximate surface area is 133 Å². The minimum atomic E-state index is -1.01. The van der Waals surface area contributed by atoms with Gasteiger partial charge in [-0.25, -0.2) is 0 Å². The highest BCUT2D eigenvalue weighted by Crippen LogP contribution is 2.22. The largest absolute Gasteiger partial charge is 0.481 e. The second-order valence-corrected chi connectivity index (χ2v) is 5.82. The molecule has 1 aromatic rings. The summed E-state index contributed by atoms with van der Waals surface area (Å²) in [5, 5.41) is 12.3. The van der Waals surface area contributed by atoms with Crippen LogP contribution in [0.15, 0.2) is 24.3 Å². The van der Waals surface area contributed by atoms with Gasteiger partial charge in [0.05, 0.1) is 18.4 Å². The third-order valence-corrected chi connectivity index (χ3v) is 3.93. The Bertz CT molecular complexity index is 588. The highest BCUT2D eigenvalue weighted by Gasteiger charge is 2.33. The van der Waals surface area contributed by atoms with Crippen molar-refractivity contribution in [2.24, 2.45) is 5.92 Å². The van der Waals surface area contributed by atoms with E-state index in [9.17, 15) is 14.4 Å². The number of carbonyl (C=O) groups is 3. The number of nitrogens with one attached hydrogen (secondary N) is 1. The monoisotopic (exact) mass is 324 g/mol. The van der Waals surface area contributed by atoms with E-state index in [0.29, 0.717) is 17.1 Å². The lowest BCUT2D eigenvalue weighted by Gasteiger charge is -2.20. The number of likely N-dealkylation sites (tertiary alicyclic amines) is 1. The number of amides is 2. The van der Waals surface area contributed by atoms with E-state index in [-0.39, 0.29) is 24.7 Å². The number of nitrogens with zero attached hydrogens (tertiary/aromatic N) is 1. The molecular formula is C15H17ClN2O4. The average molecular weight is 325 g/mol. The fraction of sp³-hybridized carbons (Fsp3) is 0.400. The van der Waals surface area contributed by atoms with Crippen LogP contribution in [0.5, 0.6) is 0 Å². The molecule has 1 aliphatic heterocycles. The SMILES string of the molecule is CN1CC(C(=O)N[C@@H](CC(=O)O)c2ccc(Cl)cc2)CC1=O. The van der Waals surface area contributed by atoms with Gasteiger partial charge in [0.15, 0.2) is 0 Å². The van der Waals surface area contributed by atoms with Crippen molar-refractivity contribution in [2.45, 2.75) is 18.9 Å². The van der Waals surface area contributed by atoms with Crippen LogP contribution >= 0.6 is 11.6 Å². The van der Waals surface area contributed by atoms with E-state index in [1.54, 1.807) is 31.3 Å². The van der Waals surface area contributed by atoms with Gasteiger partial charge in [0.2, 0.25) is 11.8 Å². The van der Waals surface area contributed by atoms with Gasteiger partial charge in [0.25, 0.3) is 0 Å². The number of carboxylic acid groups (broad SMARTS) is 1. The van der Waals surface area contributed by atoms with Crippen LogP contribution in [-0.2, 0) is 14.4 Å². The molecule has 2 amide bonds. The third kappa shape index (κ3) is 3.98. The zero-order chi connectivity index (χ0) is 16.3. The molecule has 1 aliphatic rings. The molecule has 1 aromatic carbocycles. The molecule has 2 atom stereocenters. The van der Waals surface area contributed by atoms with Crippen LogP contribution in [0.2, 0.25) is 5.02 Å². The molecule has 0 saturated carbocycles. The molecule has 2 N–H and O–H groups in total. The number of rotatable bonds is 5. The summed E-state index contributed by atoms with van der Waals surface area (Å²) in [6.07, 6.45) is -0.0768. The molecule has 0 radical (unpaired) electrons. The summed E-state index contributed by atoms with van der Waals surface area (Å²) in [6, 6.07) is 6.00. The standard InChI is InChI=1S/C15H17ClN2O4/c1-18-8-10(6-13(18)19)15(22)17-12(7-14(20)21)9-2-4-11(16)5-3-9/h2-5,10,12H,6-8H2,1H3,(H,17,22)(H,20,21)/t10?,12-/m0/s1. The molecule has 0 aromatic heterocycles. The molecule has 118 valence electrons. The summed E-state index contributed by atoms with van der Waals surface area (Å²) >= 11 is 5.82. The average Bonchev–Trinajstić information content (AvgIpc) is 2.78. The zero-order valence-electron chi connectivity index (χ0n) is 12.1. The van der Waals surface area contributed by atoms with Crippen LogP contribution in [0.3, 0.4) is 0 Å². The fourth-order valence-electron chi connectivity index (χ4n) is 2.45. The molecule has 2 rings (SSSR count). The van der Waals surface area contributed by atoms with E-state index < -0.39 is 17.9 Å². The Hall–Kier alpha value is -2.08. The number of halogens is 1. The molecule has 0 aliphatic carbocycles. The zero-order valence-corrected chi connectivity index (χ0v) is 12.8. The number of benzene rings is 1. The normalized spacial score (nSPS) is 19.1. The van der Waals surface area contributed by atoms with Crippen LogP contribution in [0, 0.1) is 5.92 Å². The summed E-state index contributed by atoms with van der Waals surface area (Å²) in [4.78, 5) is 36.3. The molecule has 6 nitrogen and oxygen atoms in total. The lowest BCUT2D eigenvalue weighted by Crippen LogP contribution is -2.36. The van der Waals surface area contributed by atoms with Gasteiger partial charge in [-0.15, -0.1) is 0 Å². The summed E-state index contributed by atoms with van der Waals surface area (Å²) in [5.74, 6) is -1.85. The third-order valence-electron chi connectivity index (χ3n) is 3.68. The Morgan fingerprint density at radius 2 is 2.05 bits per heavy atom. The van der Waals surface area contributed by atoms with Crippen LogP contribution in [0.4, 0.5) is 0 Å². The first-order chi connectivity index (χ1) is 10.4. The van der Waals surface area contributed by atoms with Crippen molar-refractivity contribution in [1.29, 1.82) is 0 Å². The van der Waals surface area contributed by atoms with E-state index in [1.807, 2.05) is 0 Å². The Kier molecular flexibility index (Phi) is 5.03. The maximum atomic E-state index is 12.3. The molecular weight excluding hydrogens is 308 g/mol. The Balaban J connectivity index is 2.09. The first kappa shape index (κ1) is 16.3. The minimum Gasteiger partial charge on any atom is -0.481 e. The highest BCUT2D eigenvalue weighted by molar-refractivity contribution is 6.30. The second-order valence-electron chi connectivity index (χ2n) is 5.39. The van der Waals surface area contributed by atoms with E-state index >= 15 is 0 Å². The maximum absolute atomic E-state index is 12.3. The number of hydrogen-bond donors (Lipinski definition) is 2. The van der Waals surface area contributed by atoms with Crippen molar-refractivity contribution in [3.63, 3.8) is 0 Å². The first-order valence-electron chi connectivity index (χ1n) is 6.88. The molecule has 0 spiro atoms. The predicted octanol–water partition coefficient (Wildman–Crippen LogP) is 1.45. The molecule has 1 saturated heterocycles. The van der Waals surface area contributed by atoms with Gasteiger partial charge in [0, 0.05) is 25.0 Å². The summed E-state index contributed by atoms with van der Waals surface area (Å²) in [6.45, 7) is 0.352. The molecule has 1 heterocycles. The van der Waals surface area contributed by atoms with Gasteiger partial charge in [-0.05, 0) is 17.7 Å². The number of aliphatic carboxylic acids is 1. The number of carboxylic acids is 1. The number of carbonyl (C=O) groups excluding carboxylic acids is 2. The second kappa shape index (κ2) is 6.79. The van der Waals surface area contributed by atoms with Crippen LogP contribution in [0.1, 0.15) is 24.4 Å². The van der Waals surface area contributed by atoms with E-state index in [0.717, 1.165) is 0 Å². The molecule has 22 heavy (non-hydrogen) atoms. The lowest BCUT2D eigenvalue weighted by atomic mass is 10.0. The Morgan fingerprint density at radius 1 is 1.41 bits per heavy atom. The van der Waals surface area contributed by atoms with Crippen molar-refractivity contribution in [1.82, 2.24) is 10.2 Å². The lowest BCUT2D eigenvalue weighted by molar-refractivity contribution is -0.138. The molecule has 1 fully saturated rings. The van der Waals surface area contributed by atoms with E-state index in [1.165, 1.54) is 4.90 Å². The van der Waals surface area contributed by atoms with Gasteiger partial charge in [-0.2, -0.15) is 0 Å². The smallest absolute Gasteiger partial charge is 0.305 e. The van der Waals surface area contributed by atoms with Crippen molar-refractivity contribution in [3.05, 3.63) is 34.9 Å². The summed E-state index contributed by atoms with van der Waals surface area (Å²) < 4.78 is 0. The van der Waals surface area contributed by atoms with Gasteiger partial charge in [0.1, 0.15) is 0 Å². The molecule has 0 bridgehead atoms. The van der Waals surface area contributed by atoms with Crippen molar-refractivity contribution < 1.29 is 19.5 Å². The van der Waals surface area contributed by atoms with Crippen LogP contribution in [-0.4, -0.2) is 41.4 Å². The quantitative estimate of drug-likeness (QED) is 0.858. The maximum Gasteiger partial charge on any atom is 0.305 e. The molecule has 1 unspecified atom stereocenters. The fourth-order valence-corrected chi connectivity index (χ4v) is 2.58. The van der Waals surface area contributed by atoms with Crippen molar-refractivity contribution >= 4 is 29.4 Å². The van der Waals surface area contributed by atoms with Gasteiger partial charge < -0.3 is 15.3 Å². The topological polar surface area (TPSA) is 86.7 Å². The van der Waals surface area contributed by atoms with Gasteiger partial charge in [-0.1, -0.05) is 23.7 Å². The van der Waals surface area contributed by atoms with Crippen LogP contribution < -0.4 is 5.32 Å². The first-order valence-corrected chi connectivity index (χ1v) is 7.26. The van der Waals surface area contributed by atoms with E-state index in [2.05, 4.69) is 5.32 Å². The molecule has 7 heteroatoms. The minimum absolute atomic E-state index is 0.0820. The Morgan fingerprint density at radius 3 is 2.55 bits per heavy atom. The van der Waals surface area contributed by atoms with Crippen molar-refractivity contribution in [2.75, 3.05) is 13.6 Å². The summed E-state index contributed by atoms with van der Waals surface area (Å²) in [7, 11) is 1.64. The van der Waals surface area contributed by atoms with Crippen molar-refractivity contribution in [3.8, 4) is 0 Å².